The zero-order valence-corrected chi connectivity index (χ0v) is 14.3. The van der Waals surface area contributed by atoms with E-state index >= 15 is 0 Å². The Morgan fingerprint density at radius 1 is 1.29 bits per heavy atom. The molecule has 1 N–H and O–H groups in total. The molecule has 1 saturated carbocycles. The van der Waals surface area contributed by atoms with Crippen molar-refractivity contribution in [3.05, 3.63) is 29.3 Å². The lowest BCUT2D eigenvalue weighted by atomic mass is 9.85. The highest BCUT2D eigenvalue weighted by atomic mass is 16.5. The van der Waals surface area contributed by atoms with Crippen LogP contribution in [0.25, 0.3) is 0 Å². The number of aryl methyl sites for hydroxylation is 1. The lowest BCUT2D eigenvalue weighted by Gasteiger charge is -2.35. The van der Waals surface area contributed by atoms with Crippen LogP contribution in [0.2, 0.25) is 0 Å². The molecular formula is C19H31NO. The van der Waals surface area contributed by atoms with Crippen molar-refractivity contribution in [1.29, 1.82) is 0 Å². The summed E-state index contributed by atoms with van der Waals surface area (Å²) in [6, 6.07) is 7.07. The van der Waals surface area contributed by atoms with Gasteiger partial charge < -0.3 is 10.1 Å². The normalized spacial score (nSPS) is 26.1. The summed E-state index contributed by atoms with van der Waals surface area (Å²) in [6.45, 7) is 12.2. The maximum Gasteiger partial charge on any atom is 0.120 e. The molecule has 1 fully saturated rings. The molecule has 118 valence electrons. The molecule has 2 rings (SSSR count). The van der Waals surface area contributed by atoms with Crippen LogP contribution in [-0.2, 0) is 0 Å². The minimum absolute atomic E-state index is 0.304. The maximum absolute atomic E-state index is 6.34. The second-order valence-electron chi connectivity index (χ2n) is 6.91. The van der Waals surface area contributed by atoms with Gasteiger partial charge in [0.15, 0.2) is 0 Å². The Morgan fingerprint density at radius 2 is 2.05 bits per heavy atom. The first kappa shape index (κ1) is 16.4. The predicted molar refractivity (Wildman–Crippen MR) is 90.2 cm³/mol. The van der Waals surface area contributed by atoms with Gasteiger partial charge in [-0.15, -0.1) is 0 Å². The fourth-order valence-electron chi connectivity index (χ4n) is 3.50. The topological polar surface area (TPSA) is 21.3 Å². The maximum atomic E-state index is 6.34. The van der Waals surface area contributed by atoms with Crippen molar-refractivity contribution in [3.8, 4) is 5.75 Å². The van der Waals surface area contributed by atoms with Crippen molar-refractivity contribution in [2.45, 2.75) is 71.9 Å². The van der Waals surface area contributed by atoms with Crippen molar-refractivity contribution in [3.63, 3.8) is 0 Å². The standard InChI is InChI=1S/C19H31NO/c1-6-20-18-10-7-14(4)11-19(18)21-16-8-9-17(13(2)3)15(5)12-16/h8-9,12-14,18-20H,6-7,10-11H2,1-5H3. The van der Waals surface area contributed by atoms with E-state index in [1.807, 2.05) is 0 Å². The van der Waals surface area contributed by atoms with Gasteiger partial charge in [-0.3, -0.25) is 0 Å². The molecule has 2 nitrogen and oxygen atoms in total. The SMILES string of the molecule is CCNC1CCC(C)CC1Oc1ccc(C(C)C)c(C)c1. The predicted octanol–water partition coefficient (Wildman–Crippen LogP) is 4.66. The fourth-order valence-corrected chi connectivity index (χ4v) is 3.50. The highest BCUT2D eigenvalue weighted by Crippen LogP contribution is 2.30. The Balaban J connectivity index is 2.09. The smallest absolute Gasteiger partial charge is 0.120 e. The second-order valence-corrected chi connectivity index (χ2v) is 6.91. The molecule has 0 aromatic heterocycles. The summed E-state index contributed by atoms with van der Waals surface area (Å²) in [5.41, 5.74) is 2.76. The van der Waals surface area contributed by atoms with E-state index in [9.17, 15) is 0 Å². The van der Waals surface area contributed by atoms with Crippen LogP contribution in [0, 0.1) is 12.8 Å². The first-order chi connectivity index (χ1) is 10.0. The first-order valence-electron chi connectivity index (χ1n) is 8.51. The summed E-state index contributed by atoms with van der Waals surface area (Å²) in [7, 11) is 0. The highest BCUT2D eigenvalue weighted by Gasteiger charge is 2.29. The van der Waals surface area contributed by atoms with Crippen LogP contribution in [0.3, 0.4) is 0 Å². The van der Waals surface area contributed by atoms with Gasteiger partial charge in [0.25, 0.3) is 0 Å². The van der Waals surface area contributed by atoms with Crippen LogP contribution in [0.5, 0.6) is 5.75 Å². The Morgan fingerprint density at radius 3 is 2.67 bits per heavy atom. The van der Waals surface area contributed by atoms with Gasteiger partial charge in [-0.2, -0.15) is 0 Å². The van der Waals surface area contributed by atoms with Crippen molar-refractivity contribution in [2.24, 2.45) is 5.92 Å². The molecule has 0 heterocycles. The zero-order chi connectivity index (χ0) is 15.4. The van der Waals surface area contributed by atoms with Crippen molar-refractivity contribution in [2.75, 3.05) is 6.54 Å². The Labute approximate surface area is 130 Å². The third-order valence-electron chi connectivity index (χ3n) is 4.67. The molecule has 0 aliphatic heterocycles. The van der Waals surface area contributed by atoms with Crippen molar-refractivity contribution < 1.29 is 4.74 Å². The third-order valence-corrected chi connectivity index (χ3v) is 4.67. The highest BCUT2D eigenvalue weighted by molar-refractivity contribution is 5.36. The van der Waals surface area contributed by atoms with E-state index in [2.05, 4.69) is 58.1 Å². The average molecular weight is 289 g/mol. The Bertz CT molecular complexity index is 455. The van der Waals surface area contributed by atoms with Crippen molar-refractivity contribution >= 4 is 0 Å². The summed E-state index contributed by atoms with van der Waals surface area (Å²) in [4.78, 5) is 0. The van der Waals surface area contributed by atoms with E-state index in [1.54, 1.807) is 0 Å². The Hall–Kier alpha value is -1.02. The molecule has 0 bridgehead atoms. The van der Waals surface area contributed by atoms with Gasteiger partial charge in [-0.25, -0.2) is 0 Å². The van der Waals surface area contributed by atoms with Crippen molar-refractivity contribution in [1.82, 2.24) is 5.32 Å². The van der Waals surface area contributed by atoms with Crippen LogP contribution in [-0.4, -0.2) is 18.7 Å². The molecule has 1 aromatic carbocycles. The number of rotatable bonds is 5. The van der Waals surface area contributed by atoms with Gasteiger partial charge >= 0.3 is 0 Å². The van der Waals surface area contributed by atoms with Crippen LogP contribution >= 0.6 is 0 Å². The van der Waals surface area contributed by atoms with Gasteiger partial charge in [0.1, 0.15) is 11.9 Å². The molecule has 3 unspecified atom stereocenters. The van der Waals surface area contributed by atoms with Gasteiger partial charge in [0, 0.05) is 6.04 Å². The molecule has 1 aliphatic carbocycles. The molecule has 0 spiro atoms. The van der Waals surface area contributed by atoms with E-state index in [0.717, 1.165) is 24.6 Å². The monoisotopic (exact) mass is 289 g/mol. The second kappa shape index (κ2) is 7.31. The summed E-state index contributed by atoms with van der Waals surface area (Å²) in [5.74, 6) is 2.36. The summed E-state index contributed by atoms with van der Waals surface area (Å²) < 4.78 is 6.34. The van der Waals surface area contributed by atoms with Gasteiger partial charge in [-0.1, -0.05) is 33.8 Å². The lowest BCUT2D eigenvalue weighted by molar-refractivity contribution is 0.0915. The average Bonchev–Trinajstić information content (AvgIpc) is 2.41. The molecular weight excluding hydrogens is 258 g/mol. The van der Waals surface area contributed by atoms with E-state index in [0.29, 0.717) is 18.1 Å². The zero-order valence-electron chi connectivity index (χ0n) is 14.3. The molecule has 0 saturated heterocycles. The number of benzene rings is 1. The Kier molecular flexibility index (Phi) is 5.69. The number of nitrogens with one attached hydrogen (secondary N) is 1. The third kappa shape index (κ3) is 4.23. The minimum Gasteiger partial charge on any atom is -0.489 e. The molecule has 1 aliphatic rings. The number of likely N-dealkylation sites (N-methyl/N-ethyl adjacent to an activating group) is 1. The van der Waals surface area contributed by atoms with Gasteiger partial charge in [-0.05, 0) is 67.8 Å². The largest absolute Gasteiger partial charge is 0.489 e. The number of ether oxygens (including phenoxy) is 1. The summed E-state index contributed by atoms with van der Waals surface area (Å²) in [5, 5.41) is 3.59. The van der Waals surface area contributed by atoms with Gasteiger partial charge in [0.2, 0.25) is 0 Å². The summed E-state index contributed by atoms with van der Waals surface area (Å²) in [6.07, 6.45) is 3.99. The molecule has 0 radical (unpaired) electrons. The van der Waals surface area contributed by atoms with E-state index in [-0.39, 0.29) is 0 Å². The molecule has 1 aromatic rings. The summed E-state index contributed by atoms with van der Waals surface area (Å²) >= 11 is 0. The molecule has 3 atom stereocenters. The van der Waals surface area contributed by atoms with E-state index in [4.69, 9.17) is 4.74 Å². The number of hydrogen-bond acceptors (Lipinski definition) is 2. The number of hydrogen-bond donors (Lipinski definition) is 1. The lowest BCUT2D eigenvalue weighted by Crippen LogP contribution is -2.46. The van der Waals surface area contributed by atoms with Crippen LogP contribution in [0.1, 0.15) is 64.0 Å². The van der Waals surface area contributed by atoms with E-state index in [1.165, 1.54) is 24.0 Å². The molecule has 2 heteroatoms. The van der Waals surface area contributed by atoms with Gasteiger partial charge in [0.05, 0.1) is 0 Å². The molecule has 21 heavy (non-hydrogen) atoms. The quantitative estimate of drug-likeness (QED) is 0.851. The molecule has 0 amide bonds. The first-order valence-corrected chi connectivity index (χ1v) is 8.51. The van der Waals surface area contributed by atoms with Crippen LogP contribution in [0.4, 0.5) is 0 Å². The van der Waals surface area contributed by atoms with E-state index < -0.39 is 0 Å². The minimum atomic E-state index is 0.304. The fraction of sp³-hybridized carbons (Fsp3) is 0.684. The van der Waals surface area contributed by atoms with Crippen LogP contribution in [0.15, 0.2) is 18.2 Å². The van der Waals surface area contributed by atoms with Crippen LogP contribution < -0.4 is 10.1 Å².